The number of hydrogen-bond acceptors (Lipinski definition) is 2. The number of anilines is 1. The molecule has 0 spiro atoms. The van der Waals surface area contributed by atoms with E-state index in [1.54, 1.807) is 0 Å². The van der Waals surface area contributed by atoms with Crippen LogP contribution >= 0.6 is 23.2 Å². The highest BCUT2D eigenvalue weighted by Gasteiger charge is 2.42. The molecular formula is C15H6Cl2F7NO2. The molecule has 0 aromatic heterocycles. The molecule has 2 aromatic carbocycles. The van der Waals surface area contributed by atoms with Crippen molar-refractivity contribution < 1.29 is 40.3 Å². The van der Waals surface area contributed by atoms with Crippen molar-refractivity contribution in [1.29, 1.82) is 0 Å². The van der Waals surface area contributed by atoms with Gasteiger partial charge in [0.25, 0.3) is 5.91 Å². The second-order valence-electron chi connectivity index (χ2n) is 4.92. The van der Waals surface area contributed by atoms with Crippen molar-refractivity contribution in [2.75, 3.05) is 11.9 Å². The first-order chi connectivity index (χ1) is 12.4. The highest BCUT2D eigenvalue weighted by Crippen LogP contribution is 2.39. The number of nitrogens with one attached hydrogen (secondary N) is 1. The molecule has 27 heavy (non-hydrogen) atoms. The minimum absolute atomic E-state index is 0.0688. The minimum Gasteiger partial charge on any atom is -0.477 e. The second-order valence-corrected chi connectivity index (χ2v) is 5.74. The van der Waals surface area contributed by atoms with E-state index in [-0.39, 0.29) is 15.7 Å². The van der Waals surface area contributed by atoms with Crippen molar-refractivity contribution in [1.82, 2.24) is 0 Å². The number of carbonyl (C=O) groups excluding carboxylic acids is 1. The third-order valence-electron chi connectivity index (χ3n) is 3.06. The van der Waals surface area contributed by atoms with Crippen LogP contribution in [-0.4, -0.2) is 12.5 Å². The number of ether oxygens (including phenoxy) is 1. The Labute approximate surface area is 156 Å². The summed E-state index contributed by atoms with van der Waals surface area (Å²) in [5, 5.41) is 2.41. The number of benzene rings is 2. The molecule has 0 radical (unpaired) electrons. The Morgan fingerprint density at radius 1 is 0.963 bits per heavy atom. The number of halogens is 9. The Hall–Kier alpha value is -2.20. The van der Waals surface area contributed by atoms with Gasteiger partial charge in [0.15, 0.2) is 24.0 Å². The van der Waals surface area contributed by atoms with E-state index in [9.17, 15) is 35.5 Å². The molecule has 0 aliphatic rings. The van der Waals surface area contributed by atoms with Gasteiger partial charge in [0.2, 0.25) is 11.6 Å². The maximum absolute atomic E-state index is 13.6. The van der Waals surface area contributed by atoms with Crippen molar-refractivity contribution in [2.45, 2.75) is 6.18 Å². The Morgan fingerprint density at radius 2 is 1.52 bits per heavy atom. The molecule has 0 fully saturated rings. The first-order valence-electron chi connectivity index (χ1n) is 6.74. The summed E-state index contributed by atoms with van der Waals surface area (Å²) in [5.74, 6) is -13.1. The lowest BCUT2D eigenvalue weighted by molar-refractivity contribution is -0.143. The number of hydrogen-bond donors (Lipinski definition) is 1. The Bertz CT molecular complexity index is 874. The zero-order chi connectivity index (χ0) is 20.5. The number of rotatable bonds is 4. The van der Waals surface area contributed by atoms with Crippen LogP contribution in [0.25, 0.3) is 0 Å². The van der Waals surface area contributed by atoms with Crippen LogP contribution < -0.4 is 10.1 Å². The molecule has 1 amide bonds. The number of carbonyl (C=O) groups is 1. The van der Waals surface area contributed by atoms with Crippen LogP contribution in [0.2, 0.25) is 10.0 Å². The fourth-order valence-corrected chi connectivity index (χ4v) is 2.19. The van der Waals surface area contributed by atoms with Gasteiger partial charge in [-0.1, -0.05) is 23.2 Å². The summed E-state index contributed by atoms with van der Waals surface area (Å²) in [6.45, 7) is -1.17. The molecule has 12 heteroatoms. The fraction of sp³-hybridized carbons (Fsp3) is 0.133. The molecule has 0 atom stereocenters. The predicted molar refractivity (Wildman–Crippen MR) is 81.9 cm³/mol. The Balaban J connectivity index is 2.20. The lowest BCUT2D eigenvalue weighted by Gasteiger charge is -2.14. The SMILES string of the molecule is O=C(COc1c(F)c(F)c(C(F)(F)F)c(F)c1F)Nc1ccc(Cl)c(Cl)c1. The Kier molecular flexibility index (Phi) is 6.10. The summed E-state index contributed by atoms with van der Waals surface area (Å²) in [5.41, 5.74) is -2.64. The van der Waals surface area contributed by atoms with Gasteiger partial charge in [0.05, 0.1) is 10.0 Å². The first kappa shape index (κ1) is 21.1. The molecule has 0 unspecified atom stereocenters. The topological polar surface area (TPSA) is 38.3 Å². The van der Waals surface area contributed by atoms with E-state index in [0.29, 0.717) is 0 Å². The molecule has 0 saturated carbocycles. The molecule has 0 aliphatic carbocycles. The van der Waals surface area contributed by atoms with Gasteiger partial charge >= 0.3 is 6.18 Å². The normalized spacial score (nSPS) is 11.4. The van der Waals surface area contributed by atoms with Crippen molar-refractivity contribution in [3.8, 4) is 5.75 Å². The van der Waals surface area contributed by atoms with Gasteiger partial charge in [-0.2, -0.15) is 22.0 Å². The lowest BCUT2D eigenvalue weighted by atomic mass is 10.1. The summed E-state index contributed by atoms with van der Waals surface area (Å²) in [7, 11) is 0. The zero-order valence-electron chi connectivity index (χ0n) is 12.7. The second kappa shape index (κ2) is 7.81. The van der Waals surface area contributed by atoms with E-state index in [1.165, 1.54) is 18.2 Å². The first-order valence-corrected chi connectivity index (χ1v) is 7.50. The molecule has 0 aliphatic heterocycles. The minimum atomic E-state index is -5.68. The zero-order valence-corrected chi connectivity index (χ0v) is 14.2. The third-order valence-corrected chi connectivity index (χ3v) is 3.80. The Morgan fingerprint density at radius 3 is 2.00 bits per heavy atom. The molecule has 1 N–H and O–H groups in total. The molecule has 0 saturated heterocycles. The highest BCUT2D eigenvalue weighted by molar-refractivity contribution is 6.42. The van der Waals surface area contributed by atoms with Gasteiger partial charge in [-0.15, -0.1) is 0 Å². The highest BCUT2D eigenvalue weighted by atomic mass is 35.5. The molecule has 0 heterocycles. The van der Waals surface area contributed by atoms with Crippen LogP contribution in [0, 0.1) is 23.3 Å². The molecule has 2 aromatic rings. The number of amides is 1. The summed E-state index contributed by atoms with van der Waals surface area (Å²) in [6, 6.07) is 3.85. The van der Waals surface area contributed by atoms with Crippen LogP contribution in [0.15, 0.2) is 18.2 Å². The fourth-order valence-electron chi connectivity index (χ4n) is 1.90. The molecule has 2 rings (SSSR count). The van der Waals surface area contributed by atoms with E-state index in [1.807, 2.05) is 0 Å². The summed E-state index contributed by atoms with van der Waals surface area (Å²) < 4.78 is 95.9. The molecule has 146 valence electrons. The van der Waals surface area contributed by atoms with E-state index < -0.39 is 53.3 Å². The third kappa shape index (κ3) is 4.56. The molecular weight excluding hydrogens is 430 g/mol. The quantitative estimate of drug-likeness (QED) is 0.502. The van der Waals surface area contributed by atoms with Crippen molar-refractivity contribution in [2.24, 2.45) is 0 Å². The van der Waals surface area contributed by atoms with E-state index in [4.69, 9.17) is 23.2 Å². The summed E-state index contributed by atoms with van der Waals surface area (Å²) in [6.07, 6.45) is -5.68. The van der Waals surface area contributed by atoms with Gasteiger partial charge in [-0.05, 0) is 18.2 Å². The molecule has 0 bridgehead atoms. The number of alkyl halides is 3. The van der Waals surface area contributed by atoms with E-state index in [0.717, 1.165) is 0 Å². The molecule has 3 nitrogen and oxygen atoms in total. The largest absolute Gasteiger partial charge is 0.477 e. The lowest BCUT2D eigenvalue weighted by Crippen LogP contribution is -2.22. The maximum Gasteiger partial charge on any atom is 0.422 e. The van der Waals surface area contributed by atoms with E-state index in [2.05, 4.69) is 10.1 Å². The van der Waals surface area contributed by atoms with Gasteiger partial charge in [0.1, 0.15) is 5.56 Å². The monoisotopic (exact) mass is 435 g/mol. The standard InChI is InChI=1S/C15H6Cl2F7NO2/c16-6-2-1-5(3-7(6)17)25-8(26)4-27-14-12(20)10(18)9(15(22,23)24)11(19)13(14)21/h1-3H,4H2,(H,25,26). The average Bonchev–Trinajstić information content (AvgIpc) is 2.55. The van der Waals surface area contributed by atoms with Crippen LogP contribution in [0.3, 0.4) is 0 Å². The van der Waals surface area contributed by atoms with Gasteiger partial charge in [-0.3, -0.25) is 4.79 Å². The van der Waals surface area contributed by atoms with Gasteiger partial charge < -0.3 is 10.1 Å². The van der Waals surface area contributed by atoms with Crippen LogP contribution in [0.4, 0.5) is 36.4 Å². The van der Waals surface area contributed by atoms with Gasteiger partial charge in [0, 0.05) is 5.69 Å². The van der Waals surface area contributed by atoms with E-state index >= 15 is 0 Å². The summed E-state index contributed by atoms with van der Waals surface area (Å²) in [4.78, 5) is 11.7. The predicted octanol–water partition coefficient (Wildman–Crippen LogP) is 5.59. The van der Waals surface area contributed by atoms with Crippen molar-refractivity contribution >= 4 is 34.8 Å². The average molecular weight is 436 g/mol. The van der Waals surface area contributed by atoms with Crippen molar-refractivity contribution in [3.63, 3.8) is 0 Å². The van der Waals surface area contributed by atoms with Crippen molar-refractivity contribution in [3.05, 3.63) is 57.1 Å². The van der Waals surface area contributed by atoms with Crippen LogP contribution in [-0.2, 0) is 11.0 Å². The van der Waals surface area contributed by atoms with Crippen LogP contribution in [0.5, 0.6) is 5.75 Å². The van der Waals surface area contributed by atoms with Gasteiger partial charge in [-0.25, -0.2) is 8.78 Å². The van der Waals surface area contributed by atoms with Crippen LogP contribution in [0.1, 0.15) is 5.56 Å². The maximum atomic E-state index is 13.6. The smallest absolute Gasteiger partial charge is 0.422 e. The summed E-state index contributed by atoms with van der Waals surface area (Å²) >= 11 is 11.4.